The summed E-state index contributed by atoms with van der Waals surface area (Å²) in [5, 5.41) is 58.7. The first-order chi connectivity index (χ1) is 40.5. The highest BCUT2D eigenvalue weighted by Gasteiger charge is 2.24. The maximum Gasteiger partial charge on any atom is 0.335 e. The van der Waals surface area contributed by atoms with Gasteiger partial charge in [0, 0.05) is 0 Å². The lowest BCUT2D eigenvalue weighted by Crippen LogP contribution is -2.01. The minimum atomic E-state index is -1.11. The smallest absolute Gasteiger partial charge is 0.335 e. The van der Waals surface area contributed by atoms with Gasteiger partial charge in [-0.05, 0) is 176 Å². The maximum absolute atomic E-state index is 12.0. The third kappa shape index (κ3) is 8.99. The normalized spacial score (nSPS) is 11.4. The lowest BCUT2D eigenvalue weighted by molar-refractivity contribution is 0.0686. The zero-order chi connectivity index (χ0) is 58.2. The summed E-state index contributed by atoms with van der Waals surface area (Å²) < 4.78 is 0. The molecule has 3 heterocycles. The first-order valence-electron chi connectivity index (χ1n) is 25.6. The van der Waals surface area contributed by atoms with Crippen LogP contribution in [0.4, 0.5) is 0 Å². The van der Waals surface area contributed by atoms with Crippen molar-refractivity contribution in [1.29, 1.82) is 0 Å². The molecule has 0 saturated carbocycles. The van der Waals surface area contributed by atoms with Crippen molar-refractivity contribution in [3.05, 3.63) is 215 Å². The number of benzene rings is 10. The molecule has 0 spiro atoms. The van der Waals surface area contributed by atoms with E-state index in [1.54, 1.807) is 72.8 Å². The fourth-order valence-electron chi connectivity index (χ4n) is 10.5. The molecule has 18 heteroatoms. The van der Waals surface area contributed by atoms with Gasteiger partial charge < -0.3 is 30.6 Å². The third-order valence-corrected chi connectivity index (χ3v) is 14.7. The van der Waals surface area contributed by atoms with E-state index >= 15 is 0 Å². The SMILES string of the molecule is O=C(O)c1ccc(-c2cc3nc4c5nc6cc(-c7ccc(C(=O)O)cc7)c(-c7ccc(C(=O)O)cc7)cc6nc5c5nc6cc(-c7ccc(C(=O)O)cc7)c(-c7ccc(C(=O)O)cc7)cc6nc5c4nc3cc2-c2ccc(C(=O)O)cc2)cc1. The van der Waals surface area contributed by atoms with Crippen LogP contribution in [-0.4, -0.2) is 96.4 Å². The van der Waals surface area contributed by atoms with Crippen LogP contribution in [0.25, 0.3) is 133 Å². The molecular weight excluding hydrogens is 1070 g/mol. The number of fused-ring (bicyclic) bond motifs is 9. The van der Waals surface area contributed by atoms with Crippen molar-refractivity contribution in [3.63, 3.8) is 0 Å². The van der Waals surface area contributed by atoms with Gasteiger partial charge in [-0.15, -0.1) is 0 Å². The Kier molecular flexibility index (Phi) is 12.1. The molecule has 402 valence electrons. The van der Waals surface area contributed by atoms with E-state index in [1.165, 1.54) is 72.8 Å². The van der Waals surface area contributed by atoms with Crippen LogP contribution >= 0.6 is 0 Å². The van der Waals surface area contributed by atoms with Crippen molar-refractivity contribution in [1.82, 2.24) is 29.9 Å². The highest BCUT2D eigenvalue weighted by atomic mass is 16.4. The molecule has 84 heavy (non-hydrogen) atoms. The fourth-order valence-corrected chi connectivity index (χ4v) is 10.5. The molecule has 0 atom stereocenters. The number of nitrogens with zero attached hydrogens (tertiary/aromatic N) is 6. The summed E-state index contributed by atoms with van der Waals surface area (Å²) in [5.41, 5.74) is 11.7. The Morgan fingerprint density at radius 3 is 0.429 bits per heavy atom. The van der Waals surface area contributed by atoms with Crippen LogP contribution < -0.4 is 0 Å². The number of aromatic carboxylic acids is 6. The molecule has 0 amide bonds. The Labute approximate surface area is 471 Å². The first kappa shape index (κ1) is 51.3. The van der Waals surface area contributed by atoms with Gasteiger partial charge >= 0.3 is 35.8 Å². The monoisotopic (exact) mass is 1100 g/mol. The Morgan fingerprint density at radius 1 is 0.202 bits per heavy atom. The number of carboxylic acids is 6. The number of rotatable bonds is 12. The van der Waals surface area contributed by atoms with Crippen LogP contribution in [0.5, 0.6) is 0 Å². The van der Waals surface area contributed by atoms with E-state index < -0.39 is 35.8 Å². The molecule has 13 aromatic rings. The molecule has 0 aliphatic heterocycles. The second-order valence-corrected chi connectivity index (χ2v) is 19.7. The molecule has 0 radical (unpaired) electrons. The molecule has 0 saturated heterocycles. The Bertz CT molecular complexity index is 4190. The number of carbonyl (C=O) groups is 6. The minimum absolute atomic E-state index is 0.0629. The van der Waals surface area contributed by atoms with E-state index in [2.05, 4.69) is 0 Å². The van der Waals surface area contributed by atoms with Gasteiger partial charge in [0.15, 0.2) is 0 Å². The van der Waals surface area contributed by atoms with Crippen LogP contribution in [0.3, 0.4) is 0 Å². The second-order valence-electron chi connectivity index (χ2n) is 19.7. The van der Waals surface area contributed by atoms with Crippen LogP contribution in [-0.2, 0) is 0 Å². The molecule has 18 nitrogen and oxygen atoms in total. The van der Waals surface area contributed by atoms with E-state index in [0.29, 0.717) is 99.9 Å². The molecule has 0 aliphatic rings. The van der Waals surface area contributed by atoms with Gasteiger partial charge in [0.1, 0.15) is 33.1 Å². The van der Waals surface area contributed by atoms with Gasteiger partial charge in [-0.25, -0.2) is 58.7 Å². The lowest BCUT2D eigenvalue weighted by Gasteiger charge is -2.16. The van der Waals surface area contributed by atoms with Gasteiger partial charge in [-0.1, -0.05) is 72.8 Å². The first-order valence-corrected chi connectivity index (χ1v) is 25.6. The van der Waals surface area contributed by atoms with Crippen molar-refractivity contribution in [2.24, 2.45) is 0 Å². The van der Waals surface area contributed by atoms with Crippen LogP contribution in [0, 0.1) is 0 Å². The molecule has 0 aliphatic carbocycles. The van der Waals surface area contributed by atoms with Crippen LogP contribution in [0.1, 0.15) is 62.1 Å². The topological polar surface area (TPSA) is 301 Å². The summed E-state index contributed by atoms with van der Waals surface area (Å²) in [6.45, 7) is 0. The average Bonchev–Trinajstić information content (AvgIpc) is 1.08. The van der Waals surface area contributed by atoms with E-state index in [1.807, 2.05) is 36.4 Å². The number of hydrogen-bond acceptors (Lipinski definition) is 12. The van der Waals surface area contributed by atoms with Gasteiger partial charge in [0.05, 0.1) is 66.5 Å². The average molecular weight is 1110 g/mol. The fraction of sp³-hybridized carbons (Fsp3) is 0. The Hall–Kier alpha value is -12.2. The summed E-state index contributed by atoms with van der Waals surface area (Å²) in [5.74, 6) is -6.68. The molecule has 0 unspecified atom stereocenters. The summed E-state index contributed by atoms with van der Waals surface area (Å²) in [4.78, 5) is 104. The predicted molar refractivity (Wildman–Crippen MR) is 313 cm³/mol. The van der Waals surface area contributed by atoms with Gasteiger partial charge in [-0.3, -0.25) is 0 Å². The van der Waals surface area contributed by atoms with Gasteiger partial charge in [0.2, 0.25) is 0 Å². The summed E-state index contributed by atoms with van der Waals surface area (Å²) >= 11 is 0. The zero-order valence-electron chi connectivity index (χ0n) is 43.1. The molecule has 6 N–H and O–H groups in total. The molecule has 0 fully saturated rings. The number of hydrogen-bond donors (Lipinski definition) is 6. The Balaban J connectivity index is 1.13. The van der Waals surface area contributed by atoms with Crippen molar-refractivity contribution >= 4 is 102 Å². The largest absolute Gasteiger partial charge is 0.478 e. The van der Waals surface area contributed by atoms with Gasteiger partial charge in [-0.2, -0.15) is 0 Å². The zero-order valence-corrected chi connectivity index (χ0v) is 43.1. The molecule has 3 aromatic heterocycles. The third-order valence-electron chi connectivity index (χ3n) is 14.7. The summed E-state index contributed by atoms with van der Waals surface area (Å²) in [6, 6.07) is 48.6. The van der Waals surface area contributed by atoms with Crippen molar-refractivity contribution in [3.8, 4) is 66.8 Å². The van der Waals surface area contributed by atoms with E-state index in [0.717, 1.165) is 0 Å². The second kappa shape index (κ2) is 19.9. The molecule has 10 aromatic carbocycles. The number of aromatic nitrogens is 6. The molecule has 0 bridgehead atoms. The van der Waals surface area contributed by atoms with E-state index in [9.17, 15) is 59.4 Å². The van der Waals surface area contributed by atoms with Crippen LogP contribution in [0.15, 0.2) is 182 Å². The van der Waals surface area contributed by atoms with E-state index in [-0.39, 0.29) is 66.5 Å². The van der Waals surface area contributed by atoms with Crippen molar-refractivity contribution in [2.45, 2.75) is 0 Å². The summed E-state index contributed by atoms with van der Waals surface area (Å²) in [6.07, 6.45) is 0. The molecule has 13 rings (SSSR count). The van der Waals surface area contributed by atoms with Gasteiger partial charge in [0.25, 0.3) is 0 Å². The predicted octanol–water partition coefficient (Wildman–Crippen LogP) is 13.2. The van der Waals surface area contributed by atoms with Crippen molar-refractivity contribution in [2.75, 3.05) is 0 Å². The maximum atomic E-state index is 12.0. The Morgan fingerprint density at radius 2 is 0.321 bits per heavy atom. The number of carboxylic acid groups (broad SMARTS) is 6. The van der Waals surface area contributed by atoms with Crippen LogP contribution in [0.2, 0.25) is 0 Å². The lowest BCUT2D eigenvalue weighted by atomic mass is 9.92. The quantitative estimate of drug-likeness (QED) is 0.0489. The highest BCUT2D eigenvalue weighted by Crippen LogP contribution is 2.42. The minimum Gasteiger partial charge on any atom is -0.478 e. The van der Waals surface area contributed by atoms with E-state index in [4.69, 9.17) is 29.9 Å². The molecular formula is C66H36N6O12. The summed E-state index contributed by atoms with van der Waals surface area (Å²) in [7, 11) is 0. The highest BCUT2D eigenvalue weighted by molar-refractivity contribution is 6.22. The standard InChI is InChI=1S/C66H36N6O12/c73-61(74)37-13-1-31(2-14-37)43-25-49-50(26-44(43)32-3-15-38(16-4-32)62(75)76)68-56-55(67-49)57-59(71-52-28-46(34-7-19-40(20-8-34)64(79)80)45(27-51(52)69-57)33-5-17-39(18-6-33)63(77)78)60-58(56)70-53-29-47(35-9-21-41(22-10-35)65(81)82)48(30-54(53)72-60)36-11-23-42(24-12-36)66(83)84/h1-30H,(H,73,74)(H,75,76)(H,77,78)(H,79,80)(H,81,82)(H,83,84). The van der Waals surface area contributed by atoms with Crippen molar-refractivity contribution < 1.29 is 59.4 Å².